The molecule has 31 heavy (non-hydrogen) atoms. The Balaban J connectivity index is 1.81. The molecule has 1 amide bonds. The Kier molecular flexibility index (Phi) is 7.59. The number of ether oxygens (including phenoxy) is 4. The molecule has 1 aliphatic rings. The Morgan fingerprint density at radius 2 is 1.58 bits per heavy atom. The molecule has 3 atom stereocenters. The predicted octanol–water partition coefficient (Wildman–Crippen LogP) is 2.84. The second-order valence-corrected chi connectivity index (χ2v) is 7.20. The van der Waals surface area contributed by atoms with Crippen molar-refractivity contribution in [2.45, 2.75) is 38.9 Å². The van der Waals surface area contributed by atoms with Crippen LogP contribution in [0.5, 0.6) is 23.0 Å². The molecule has 3 unspecified atom stereocenters. The Morgan fingerprint density at radius 3 is 2.26 bits per heavy atom. The second-order valence-electron chi connectivity index (χ2n) is 7.20. The first-order chi connectivity index (χ1) is 15.0. The minimum Gasteiger partial charge on any atom is -0.493 e. The van der Waals surface area contributed by atoms with Crippen LogP contribution in [0.15, 0.2) is 36.4 Å². The summed E-state index contributed by atoms with van der Waals surface area (Å²) in [7, 11) is 3.21. The van der Waals surface area contributed by atoms with Gasteiger partial charge in [0.05, 0.1) is 27.4 Å². The van der Waals surface area contributed by atoms with Crippen molar-refractivity contribution in [2.24, 2.45) is 0 Å². The van der Waals surface area contributed by atoms with Gasteiger partial charge in [0.15, 0.2) is 23.0 Å². The fourth-order valence-corrected chi connectivity index (χ4v) is 3.77. The molecule has 3 N–H and O–H groups in total. The monoisotopic (exact) mass is 429 g/mol. The van der Waals surface area contributed by atoms with Gasteiger partial charge < -0.3 is 24.3 Å². The SMILES string of the molecule is CCOc1ccc(C(=O)NC2NNC(C)C2c2ccc(OC)c(OC)c2)cc1OCC. The highest BCUT2D eigenvalue weighted by Crippen LogP contribution is 2.34. The number of carbonyl (C=O) groups is 1. The molecule has 3 rings (SSSR count). The molecule has 0 spiro atoms. The highest BCUT2D eigenvalue weighted by Gasteiger charge is 2.36. The van der Waals surface area contributed by atoms with Crippen LogP contribution < -0.4 is 35.1 Å². The van der Waals surface area contributed by atoms with Crippen LogP contribution in [0.1, 0.15) is 42.6 Å². The van der Waals surface area contributed by atoms with Crippen molar-refractivity contribution < 1.29 is 23.7 Å². The summed E-state index contributed by atoms with van der Waals surface area (Å²) in [6, 6.07) is 11.1. The van der Waals surface area contributed by atoms with Crippen LogP contribution in [0.2, 0.25) is 0 Å². The number of hydrogen-bond donors (Lipinski definition) is 3. The number of rotatable bonds is 9. The number of carbonyl (C=O) groups excluding carboxylic acids is 1. The van der Waals surface area contributed by atoms with Gasteiger partial charge in [0.2, 0.25) is 0 Å². The molecular formula is C23H31N3O5. The van der Waals surface area contributed by atoms with Gasteiger partial charge in [-0.15, -0.1) is 0 Å². The van der Waals surface area contributed by atoms with Gasteiger partial charge >= 0.3 is 0 Å². The molecule has 1 fully saturated rings. The van der Waals surface area contributed by atoms with Gasteiger partial charge in [-0.2, -0.15) is 0 Å². The van der Waals surface area contributed by atoms with E-state index in [1.807, 2.05) is 32.0 Å². The van der Waals surface area contributed by atoms with Crippen LogP contribution in [0.25, 0.3) is 0 Å². The fourth-order valence-electron chi connectivity index (χ4n) is 3.77. The molecule has 0 radical (unpaired) electrons. The summed E-state index contributed by atoms with van der Waals surface area (Å²) in [5.74, 6) is 2.27. The van der Waals surface area contributed by atoms with E-state index in [1.54, 1.807) is 32.4 Å². The quantitative estimate of drug-likeness (QED) is 0.565. The summed E-state index contributed by atoms with van der Waals surface area (Å²) in [5, 5.41) is 3.08. The number of nitrogens with one attached hydrogen (secondary N) is 3. The lowest BCUT2D eigenvalue weighted by molar-refractivity contribution is 0.0928. The molecule has 2 aromatic rings. The van der Waals surface area contributed by atoms with Gasteiger partial charge in [0.1, 0.15) is 6.17 Å². The maximum Gasteiger partial charge on any atom is 0.252 e. The highest BCUT2D eigenvalue weighted by atomic mass is 16.5. The molecular weight excluding hydrogens is 398 g/mol. The smallest absolute Gasteiger partial charge is 0.252 e. The third-order valence-electron chi connectivity index (χ3n) is 5.25. The molecule has 2 aromatic carbocycles. The Morgan fingerprint density at radius 1 is 0.903 bits per heavy atom. The maximum atomic E-state index is 13.0. The average Bonchev–Trinajstić information content (AvgIpc) is 3.14. The standard InChI is InChI=1S/C23H31N3O5/c1-6-30-18-11-9-16(13-20(18)31-7-2)23(27)24-22-21(14(3)25-26-22)15-8-10-17(28-4)19(12-15)29-5/h8-14,21-22,25-26H,6-7H2,1-5H3,(H,24,27). The lowest BCUT2D eigenvalue weighted by Crippen LogP contribution is -2.46. The van der Waals surface area contributed by atoms with E-state index in [0.29, 0.717) is 41.8 Å². The topological polar surface area (TPSA) is 90.1 Å². The lowest BCUT2D eigenvalue weighted by Gasteiger charge is -2.23. The number of methoxy groups -OCH3 is 2. The maximum absolute atomic E-state index is 13.0. The van der Waals surface area contributed by atoms with Gasteiger partial charge in [0, 0.05) is 17.5 Å². The summed E-state index contributed by atoms with van der Waals surface area (Å²) in [5.41, 5.74) is 7.92. The first-order valence-corrected chi connectivity index (χ1v) is 10.5. The summed E-state index contributed by atoms with van der Waals surface area (Å²) in [6.45, 7) is 6.87. The van der Waals surface area contributed by atoms with Crippen molar-refractivity contribution in [1.29, 1.82) is 0 Å². The van der Waals surface area contributed by atoms with Gasteiger partial charge in [0.25, 0.3) is 5.91 Å². The largest absolute Gasteiger partial charge is 0.493 e. The molecule has 8 heteroatoms. The lowest BCUT2D eigenvalue weighted by atomic mass is 9.91. The van der Waals surface area contributed by atoms with Crippen LogP contribution >= 0.6 is 0 Å². The molecule has 1 heterocycles. The second kappa shape index (κ2) is 10.4. The van der Waals surface area contributed by atoms with E-state index in [9.17, 15) is 4.79 Å². The number of hydrazine groups is 1. The minimum atomic E-state index is -0.317. The normalized spacial score (nSPS) is 20.2. The van der Waals surface area contributed by atoms with Gasteiger partial charge in [-0.1, -0.05) is 6.07 Å². The summed E-state index contributed by atoms with van der Waals surface area (Å²) >= 11 is 0. The van der Waals surface area contributed by atoms with Crippen LogP contribution in [0.4, 0.5) is 0 Å². The Labute approximate surface area is 183 Å². The van der Waals surface area contributed by atoms with Crippen molar-refractivity contribution >= 4 is 5.91 Å². The van der Waals surface area contributed by atoms with E-state index >= 15 is 0 Å². The van der Waals surface area contributed by atoms with Crippen molar-refractivity contribution in [3.05, 3.63) is 47.5 Å². The first-order valence-electron chi connectivity index (χ1n) is 10.5. The number of benzene rings is 2. The Bertz CT molecular complexity index is 905. The van der Waals surface area contributed by atoms with Crippen LogP contribution in [-0.4, -0.2) is 45.5 Å². The zero-order chi connectivity index (χ0) is 22.4. The molecule has 0 saturated carbocycles. The number of amides is 1. The predicted molar refractivity (Wildman–Crippen MR) is 118 cm³/mol. The van der Waals surface area contributed by atoms with Gasteiger partial charge in [-0.3, -0.25) is 10.2 Å². The Hall–Kier alpha value is -2.97. The molecule has 0 bridgehead atoms. The van der Waals surface area contributed by atoms with E-state index < -0.39 is 0 Å². The molecule has 1 aliphatic heterocycles. The van der Waals surface area contributed by atoms with E-state index in [-0.39, 0.29) is 24.0 Å². The molecule has 0 aromatic heterocycles. The van der Waals surface area contributed by atoms with Gasteiger partial charge in [-0.05, 0) is 56.7 Å². The van der Waals surface area contributed by atoms with E-state index in [0.717, 1.165) is 5.56 Å². The third-order valence-corrected chi connectivity index (χ3v) is 5.25. The first kappa shape index (κ1) is 22.7. The minimum absolute atomic E-state index is 0.0159. The molecule has 1 saturated heterocycles. The van der Waals surface area contributed by atoms with Crippen LogP contribution in [-0.2, 0) is 0 Å². The van der Waals surface area contributed by atoms with Crippen molar-refractivity contribution in [3.8, 4) is 23.0 Å². The zero-order valence-electron chi connectivity index (χ0n) is 18.7. The molecule has 168 valence electrons. The highest BCUT2D eigenvalue weighted by molar-refractivity contribution is 5.95. The molecule has 8 nitrogen and oxygen atoms in total. The van der Waals surface area contributed by atoms with Crippen molar-refractivity contribution in [1.82, 2.24) is 16.2 Å². The third kappa shape index (κ3) is 5.03. The van der Waals surface area contributed by atoms with Crippen LogP contribution in [0.3, 0.4) is 0 Å². The average molecular weight is 430 g/mol. The van der Waals surface area contributed by atoms with Crippen molar-refractivity contribution in [3.63, 3.8) is 0 Å². The summed E-state index contributed by atoms with van der Waals surface area (Å²) in [4.78, 5) is 13.0. The fraction of sp³-hybridized carbons (Fsp3) is 0.435. The zero-order valence-corrected chi connectivity index (χ0v) is 18.7. The van der Waals surface area contributed by atoms with Crippen molar-refractivity contribution in [2.75, 3.05) is 27.4 Å². The number of hydrogen-bond acceptors (Lipinski definition) is 7. The van der Waals surface area contributed by atoms with E-state index in [1.165, 1.54) is 0 Å². The van der Waals surface area contributed by atoms with Gasteiger partial charge in [-0.25, -0.2) is 5.43 Å². The summed E-state index contributed by atoms with van der Waals surface area (Å²) in [6.07, 6.45) is -0.317. The summed E-state index contributed by atoms with van der Waals surface area (Å²) < 4.78 is 22.0. The van der Waals surface area contributed by atoms with E-state index in [2.05, 4.69) is 23.1 Å². The van der Waals surface area contributed by atoms with Crippen LogP contribution in [0, 0.1) is 0 Å². The van der Waals surface area contributed by atoms with E-state index in [4.69, 9.17) is 18.9 Å². The molecule has 0 aliphatic carbocycles.